The first-order valence-electron chi connectivity index (χ1n) is 10.5. The molecule has 0 unspecified atom stereocenters. The first-order valence-corrected chi connectivity index (χ1v) is 11.4. The number of nitrogens with one attached hydrogen (secondary N) is 1. The summed E-state index contributed by atoms with van der Waals surface area (Å²) in [5.74, 6) is -0.877. The van der Waals surface area contributed by atoms with Crippen LogP contribution in [0.1, 0.15) is 43.9 Å². The predicted molar refractivity (Wildman–Crippen MR) is 114 cm³/mol. The van der Waals surface area contributed by atoms with E-state index in [1.54, 1.807) is 24.4 Å². The van der Waals surface area contributed by atoms with E-state index in [1.165, 1.54) is 23.5 Å². The lowest BCUT2D eigenvalue weighted by molar-refractivity contribution is -0.142. The molecule has 2 N–H and O–H groups in total. The Labute approximate surface area is 184 Å². The third-order valence-corrected chi connectivity index (χ3v) is 6.84. The highest BCUT2D eigenvalue weighted by atomic mass is 32.1. The van der Waals surface area contributed by atoms with Crippen molar-refractivity contribution in [3.8, 4) is 0 Å². The van der Waals surface area contributed by atoms with Gasteiger partial charge in [-0.15, -0.1) is 11.3 Å². The molecule has 2 aliphatic rings. The number of fused-ring (bicyclic) bond motifs is 2. The normalized spacial score (nSPS) is 25.4. The highest BCUT2D eigenvalue weighted by molar-refractivity contribution is 7.13. The molecule has 0 radical (unpaired) electrons. The van der Waals surface area contributed by atoms with Gasteiger partial charge in [0.25, 0.3) is 0 Å². The van der Waals surface area contributed by atoms with E-state index < -0.39 is 5.60 Å². The lowest BCUT2D eigenvalue weighted by Gasteiger charge is -2.43. The van der Waals surface area contributed by atoms with E-state index in [4.69, 9.17) is 4.74 Å². The lowest BCUT2D eigenvalue weighted by atomic mass is 9.80. The molecule has 9 heteroatoms. The molecular formula is C22H26FN3O4S. The smallest absolute Gasteiger partial charge is 0.311 e. The van der Waals surface area contributed by atoms with Crippen molar-refractivity contribution in [2.75, 3.05) is 18.5 Å². The second kappa shape index (κ2) is 9.02. The molecule has 0 aliphatic carbocycles. The molecule has 0 spiro atoms. The van der Waals surface area contributed by atoms with E-state index in [0.717, 1.165) is 12.8 Å². The van der Waals surface area contributed by atoms with Gasteiger partial charge in [-0.25, -0.2) is 9.37 Å². The number of piperidine rings is 1. The van der Waals surface area contributed by atoms with E-state index in [-0.39, 0.29) is 42.7 Å². The first kappa shape index (κ1) is 21.9. The zero-order valence-electron chi connectivity index (χ0n) is 17.3. The summed E-state index contributed by atoms with van der Waals surface area (Å²) in [5, 5.41) is 16.2. The highest BCUT2D eigenvalue weighted by Crippen LogP contribution is 2.45. The van der Waals surface area contributed by atoms with Crippen molar-refractivity contribution in [1.29, 1.82) is 0 Å². The largest absolute Gasteiger partial charge is 0.466 e. The average molecular weight is 448 g/mol. The minimum absolute atomic E-state index is 0.0634. The van der Waals surface area contributed by atoms with Crippen LogP contribution in [0.5, 0.6) is 0 Å². The fourth-order valence-electron chi connectivity index (χ4n) is 4.72. The van der Waals surface area contributed by atoms with Crippen LogP contribution in [-0.2, 0) is 26.3 Å². The molecule has 166 valence electrons. The van der Waals surface area contributed by atoms with Crippen molar-refractivity contribution < 1.29 is 23.8 Å². The quantitative estimate of drug-likeness (QED) is 0.635. The Bertz CT molecular complexity index is 952. The van der Waals surface area contributed by atoms with Crippen LogP contribution in [-0.4, -0.2) is 52.1 Å². The van der Waals surface area contributed by atoms with Gasteiger partial charge in [-0.05, 0) is 50.3 Å². The second-order valence-electron chi connectivity index (χ2n) is 8.18. The monoisotopic (exact) mass is 447 g/mol. The number of rotatable bonds is 7. The number of halogens is 1. The Hall–Kier alpha value is -2.36. The van der Waals surface area contributed by atoms with Gasteiger partial charge in [0.15, 0.2) is 5.13 Å². The highest BCUT2D eigenvalue weighted by Gasteiger charge is 2.48. The first-order chi connectivity index (χ1) is 14.9. The minimum atomic E-state index is -1.07. The van der Waals surface area contributed by atoms with Crippen molar-refractivity contribution in [2.45, 2.75) is 56.7 Å². The number of carbonyl (C=O) groups is 2. The van der Waals surface area contributed by atoms with Crippen molar-refractivity contribution in [2.24, 2.45) is 0 Å². The summed E-state index contributed by atoms with van der Waals surface area (Å²) in [5.41, 5.74) is 0.0976. The molecule has 1 amide bonds. The number of hydrogen-bond acceptors (Lipinski definition) is 7. The standard InChI is InChI=1S/C22H26FN3O4S/c1-2-30-20(28)9-16-13-31-21(24-16)25-19(27)12-26-17-6-7-18(26)11-22(29,10-17)14-4-3-5-15(23)8-14/h3-5,8,13,17-18,29H,2,6-7,9-12H2,1H3,(H,24,25,27)/t17-,18-/m1/s1. The summed E-state index contributed by atoms with van der Waals surface area (Å²) in [4.78, 5) is 30.6. The van der Waals surface area contributed by atoms with Gasteiger partial charge >= 0.3 is 5.97 Å². The maximum atomic E-state index is 13.7. The molecule has 0 saturated carbocycles. The molecule has 3 heterocycles. The van der Waals surface area contributed by atoms with Gasteiger partial charge in [-0.3, -0.25) is 14.5 Å². The Morgan fingerprint density at radius 3 is 2.77 bits per heavy atom. The zero-order chi connectivity index (χ0) is 22.0. The molecular weight excluding hydrogens is 421 g/mol. The van der Waals surface area contributed by atoms with Gasteiger partial charge < -0.3 is 15.2 Å². The molecule has 4 rings (SSSR count). The maximum absolute atomic E-state index is 13.7. The Morgan fingerprint density at radius 2 is 2.10 bits per heavy atom. The summed E-state index contributed by atoms with van der Waals surface area (Å²) in [6.07, 6.45) is 2.82. The molecule has 2 fully saturated rings. The summed E-state index contributed by atoms with van der Waals surface area (Å²) < 4.78 is 18.6. The number of hydrogen-bond donors (Lipinski definition) is 2. The predicted octanol–water partition coefficient (Wildman–Crippen LogP) is 2.84. The van der Waals surface area contributed by atoms with Gasteiger partial charge in [-0.2, -0.15) is 0 Å². The van der Waals surface area contributed by atoms with Gasteiger partial charge in [0.2, 0.25) is 5.91 Å². The third-order valence-electron chi connectivity index (χ3n) is 6.03. The Balaban J connectivity index is 1.35. The molecule has 1 aromatic heterocycles. The van der Waals surface area contributed by atoms with Crippen LogP contribution in [0.3, 0.4) is 0 Å². The zero-order valence-corrected chi connectivity index (χ0v) is 18.2. The van der Waals surface area contributed by atoms with Crippen LogP contribution < -0.4 is 5.32 Å². The minimum Gasteiger partial charge on any atom is -0.466 e. The molecule has 2 saturated heterocycles. The van der Waals surface area contributed by atoms with Crippen LogP contribution in [0.4, 0.5) is 9.52 Å². The summed E-state index contributed by atoms with van der Waals surface area (Å²) in [6, 6.07) is 6.29. The molecule has 2 bridgehead atoms. The number of ether oxygens (including phenoxy) is 1. The van der Waals surface area contributed by atoms with Crippen LogP contribution >= 0.6 is 11.3 Å². The number of anilines is 1. The van der Waals surface area contributed by atoms with Crippen LogP contribution in [0.25, 0.3) is 0 Å². The average Bonchev–Trinajstić information content (AvgIpc) is 3.23. The number of carbonyl (C=O) groups excluding carboxylic acids is 2. The number of esters is 1. The van der Waals surface area contributed by atoms with Gasteiger partial charge in [0.1, 0.15) is 5.82 Å². The lowest BCUT2D eigenvalue weighted by Crippen LogP contribution is -2.51. The van der Waals surface area contributed by atoms with Crippen molar-refractivity contribution >= 4 is 28.3 Å². The maximum Gasteiger partial charge on any atom is 0.311 e. The molecule has 1 aromatic carbocycles. The van der Waals surface area contributed by atoms with Crippen molar-refractivity contribution in [3.63, 3.8) is 0 Å². The molecule has 2 atom stereocenters. The fourth-order valence-corrected chi connectivity index (χ4v) is 5.44. The van der Waals surface area contributed by atoms with Gasteiger partial charge in [-0.1, -0.05) is 12.1 Å². The fraction of sp³-hybridized carbons (Fsp3) is 0.500. The number of amides is 1. The molecule has 2 aromatic rings. The Kier molecular flexibility index (Phi) is 6.36. The van der Waals surface area contributed by atoms with Crippen LogP contribution in [0, 0.1) is 5.82 Å². The van der Waals surface area contributed by atoms with E-state index in [1.807, 2.05) is 0 Å². The topological polar surface area (TPSA) is 91.8 Å². The molecule has 2 aliphatic heterocycles. The van der Waals surface area contributed by atoms with E-state index in [2.05, 4.69) is 15.2 Å². The number of aliphatic hydroxyl groups is 1. The summed E-state index contributed by atoms with van der Waals surface area (Å²) in [6.45, 7) is 2.28. The van der Waals surface area contributed by atoms with Crippen molar-refractivity contribution in [3.05, 3.63) is 46.7 Å². The van der Waals surface area contributed by atoms with Crippen LogP contribution in [0.15, 0.2) is 29.6 Å². The number of thiazole rings is 1. The van der Waals surface area contributed by atoms with Gasteiger partial charge in [0.05, 0.1) is 30.9 Å². The number of aromatic nitrogens is 1. The van der Waals surface area contributed by atoms with Crippen molar-refractivity contribution in [1.82, 2.24) is 9.88 Å². The van der Waals surface area contributed by atoms with E-state index in [9.17, 15) is 19.1 Å². The number of benzene rings is 1. The summed E-state index contributed by atoms with van der Waals surface area (Å²) >= 11 is 1.27. The molecule has 31 heavy (non-hydrogen) atoms. The second-order valence-corrected chi connectivity index (χ2v) is 9.04. The third kappa shape index (κ3) is 4.94. The Morgan fingerprint density at radius 1 is 1.35 bits per heavy atom. The van der Waals surface area contributed by atoms with Gasteiger partial charge in [0, 0.05) is 17.5 Å². The summed E-state index contributed by atoms with van der Waals surface area (Å²) in [7, 11) is 0. The van der Waals surface area contributed by atoms with E-state index in [0.29, 0.717) is 35.8 Å². The molecule has 7 nitrogen and oxygen atoms in total. The number of nitrogens with zero attached hydrogens (tertiary/aromatic N) is 2. The SMILES string of the molecule is CCOC(=O)Cc1csc(NC(=O)CN2[C@@H]3CC[C@@H]2CC(O)(c2cccc(F)c2)C3)n1. The van der Waals surface area contributed by atoms with E-state index >= 15 is 0 Å². The van der Waals surface area contributed by atoms with Crippen LogP contribution in [0.2, 0.25) is 0 Å².